The molecular formula is C30H41N3O3. The molecule has 2 aromatic carbocycles. The highest BCUT2D eigenvalue weighted by Gasteiger charge is 2.41. The van der Waals surface area contributed by atoms with Crippen LogP contribution in [0.15, 0.2) is 54.6 Å². The number of piperidine rings is 2. The lowest BCUT2D eigenvalue weighted by Crippen LogP contribution is -2.49. The second kappa shape index (κ2) is 12.9. The molecule has 0 aliphatic carbocycles. The summed E-state index contributed by atoms with van der Waals surface area (Å²) in [6.45, 7) is 6.53. The summed E-state index contributed by atoms with van der Waals surface area (Å²) in [5.41, 5.74) is 2.26. The molecule has 1 N–H and O–H groups in total. The monoisotopic (exact) mass is 491 g/mol. The summed E-state index contributed by atoms with van der Waals surface area (Å²) in [5.74, 6) is 1.09. The average molecular weight is 492 g/mol. The third-order valence-corrected chi connectivity index (χ3v) is 7.67. The number of amides is 2. The van der Waals surface area contributed by atoms with Crippen molar-refractivity contribution in [1.82, 2.24) is 15.1 Å². The van der Waals surface area contributed by atoms with Crippen LogP contribution in [0.1, 0.15) is 62.6 Å². The first-order valence-corrected chi connectivity index (χ1v) is 13.6. The Morgan fingerprint density at radius 3 is 2.64 bits per heavy atom. The van der Waals surface area contributed by atoms with E-state index in [0.717, 1.165) is 56.6 Å². The van der Waals surface area contributed by atoms with Gasteiger partial charge in [0.25, 0.3) is 0 Å². The molecule has 2 fully saturated rings. The van der Waals surface area contributed by atoms with E-state index in [9.17, 15) is 9.59 Å². The summed E-state index contributed by atoms with van der Waals surface area (Å²) < 4.78 is 5.66. The molecule has 0 aromatic heterocycles. The van der Waals surface area contributed by atoms with E-state index in [1.807, 2.05) is 29.2 Å². The standard InChI is InChI=1S/C30H41N3O3/c1-3-4-19-33-28(34)17-16-26(29(33)25-14-8-9-15-27(25)36-2)30(35)31-20-24-13-10-18-32(22-24)21-23-11-6-5-7-12-23/h5-9,11-12,14-15,24,26,29H,3-4,10,13,16-22H2,1-2H3,(H,31,35). The molecule has 0 bridgehead atoms. The number of carbonyl (C=O) groups is 2. The highest BCUT2D eigenvalue weighted by Crippen LogP contribution is 2.41. The van der Waals surface area contributed by atoms with Gasteiger partial charge in [0.05, 0.1) is 19.1 Å². The molecule has 6 nitrogen and oxygen atoms in total. The minimum Gasteiger partial charge on any atom is -0.496 e. The summed E-state index contributed by atoms with van der Waals surface area (Å²) in [4.78, 5) is 31.0. The van der Waals surface area contributed by atoms with Gasteiger partial charge >= 0.3 is 0 Å². The smallest absolute Gasteiger partial charge is 0.225 e. The van der Waals surface area contributed by atoms with Gasteiger partial charge in [0, 0.05) is 38.2 Å². The van der Waals surface area contributed by atoms with E-state index in [4.69, 9.17) is 4.74 Å². The maximum absolute atomic E-state index is 13.6. The summed E-state index contributed by atoms with van der Waals surface area (Å²) in [6.07, 6.45) is 5.20. The molecule has 6 heteroatoms. The van der Waals surface area contributed by atoms with Gasteiger partial charge in [-0.15, -0.1) is 0 Å². The molecule has 4 rings (SSSR count). The molecular weight excluding hydrogens is 450 g/mol. The molecule has 0 radical (unpaired) electrons. The molecule has 2 aromatic rings. The van der Waals surface area contributed by atoms with Crippen LogP contribution >= 0.6 is 0 Å². The molecule has 2 aliphatic heterocycles. The fourth-order valence-corrected chi connectivity index (χ4v) is 5.79. The Balaban J connectivity index is 1.44. The predicted molar refractivity (Wildman–Crippen MR) is 143 cm³/mol. The molecule has 0 saturated carbocycles. The van der Waals surface area contributed by atoms with Crippen LogP contribution in [0.4, 0.5) is 0 Å². The lowest BCUT2D eigenvalue weighted by atomic mass is 9.82. The van der Waals surface area contributed by atoms with Crippen LogP contribution in [0, 0.1) is 11.8 Å². The number of rotatable bonds is 10. The maximum Gasteiger partial charge on any atom is 0.225 e. The zero-order valence-corrected chi connectivity index (χ0v) is 21.8. The first kappa shape index (κ1) is 26.2. The molecule has 2 heterocycles. The highest BCUT2D eigenvalue weighted by atomic mass is 16.5. The average Bonchev–Trinajstić information content (AvgIpc) is 2.91. The van der Waals surface area contributed by atoms with Gasteiger partial charge in [-0.25, -0.2) is 0 Å². The van der Waals surface area contributed by atoms with Crippen LogP contribution in [0.5, 0.6) is 5.75 Å². The summed E-state index contributed by atoms with van der Waals surface area (Å²) >= 11 is 0. The number of hydrogen-bond acceptors (Lipinski definition) is 4. The number of para-hydroxylation sites is 1. The van der Waals surface area contributed by atoms with Crippen molar-refractivity contribution in [3.63, 3.8) is 0 Å². The Morgan fingerprint density at radius 2 is 1.86 bits per heavy atom. The van der Waals surface area contributed by atoms with Crippen LogP contribution < -0.4 is 10.1 Å². The lowest BCUT2D eigenvalue weighted by molar-refractivity contribution is -0.143. The Morgan fingerprint density at radius 1 is 1.08 bits per heavy atom. The van der Waals surface area contributed by atoms with Crippen LogP contribution in [0.3, 0.4) is 0 Å². The highest BCUT2D eigenvalue weighted by molar-refractivity contribution is 5.85. The van der Waals surface area contributed by atoms with Gasteiger partial charge < -0.3 is 15.0 Å². The molecule has 2 saturated heterocycles. The van der Waals surface area contributed by atoms with Crippen LogP contribution in [-0.4, -0.2) is 54.9 Å². The van der Waals surface area contributed by atoms with E-state index in [0.29, 0.717) is 31.8 Å². The topological polar surface area (TPSA) is 61.9 Å². The normalized spacial score (nSPS) is 22.9. The molecule has 36 heavy (non-hydrogen) atoms. The number of nitrogens with one attached hydrogen (secondary N) is 1. The zero-order chi connectivity index (χ0) is 25.3. The fourth-order valence-electron chi connectivity index (χ4n) is 5.79. The minimum atomic E-state index is -0.296. The first-order chi connectivity index (χ1) is 17.6. The summed E-state index contributed by atoms with van der Waals surface area (Å²) in [6, 6.07) is 18.1. The number of hydrogen-bond donors (Lipinski definition) is 1. The number of methoxy groups -OCH3 is 1. The molecule has 3 atom stereocenters. The summed E-state index contributed by atoms with van der Waals surface area (Å²) in [5, 5.41) is 3.29. The van der Waals surface area contributed by atoms with Gasteiger partial charge in [-0.2, -0.15) is 0 Å². The van der Waals surface area contributed by atoms with Crippen molar-refractivity contribution in [2.45, 2.75) is 58.0 Å². The van der Waals surface area contributed by atoms with Gasteiger partial charge in [0.2, 0.25) is 11.8 Å². The Hall–Kier alpha value is -2.86. The van der Waals surface area contributed by atoms with E-state index < -0.39 is 0 Å². The molecule has 0 spiro atoms. The Kier molecular flexibility index (Phi) is 9.40. The van der Waals surface area contributed by atoms with Crippen molar-refractivity contribution in [2.75, 3.05) is 33.3 Å². The minimum absolute atomic E-state index is 0.0556. The lowest BCUT2D eigenvalue weighted by Gasteiger charge is -2.41. The third-order valence-electron chi connectivity index (χ3n) is 7.67. The van der Waals surface area contributed by atoms with Crippen molar-refractivity contribution in [1.29, 1.82) is 0 Å². The SMILES string of the molecule is CCCCN1C(=O)CCC(C(=O)NCC2CCCN(Cc3ccccc3)C2)C1c1ccccc1OC. The van der Waals surface area contributed by atoms with E-state index in [1.54, 1.807) is 7.11 Å². The number of likely N-dealkylation sites (tertiary alicyclic amines) is 2. The van der Waals surface area contributed by atoms with E-state index >= 15 is 0 Å². The van der Waals surface area contributed by atoms with E-state index in [2.05, 4.69) is 47.5 Å². The zero-order valence-electron chi connectivity index (χ0n) is 21.8. The second-order valence-corrected chi connectivity index (χ2v) is 10.2. The third kappa shape index (κ3) is 6.47. The molecule has 2 aliphatic rings. The van der Waals surface area contributed by atoms with Crippen molar-refractivity contribution in [2.24, 2.45) is 11.8 Å². The Labute approximate surface area is 216 Å². The van der Waals surface area contributed by atoms with Crippen molar-refractivity contribution >= 4 is 11.8 Å². The van der Waals surface area contributed by atoms with E-state index in [1.165, 1.54) is 5.56 Å². The molecule has 3 unspecified atom stereocenters. The second-order valence-electron chi connectivity index (χ2n) is 10.2. The van der Waals surface area contributed by atoms with Crippen LogP contribution in [-0.2, 0) is 16.1 Å². The number of nitrogens with zero attached hydrogens (tertiary/aromatic N) is 2. The maximum atomic E-state index is 13.6. The van der Waals surface area contributed by atoms with Gasteiger partial charge in [0.1, 0.15) is 5.75 Å². The first-order valence-electron chi connectivity index (χ1n) is 13.6. The molecule has 2 amide bonds. The van der Waals surface area contributed by atoms with Crippen molar-refractivity contribution in [3.05, 3.63) is 65.7 Å². The van der Waals surface area contributed by atoms with Crippen LogP contribution in [0.25, 0.3) is 0 Å². The van der Waals surface area contributed by atoms with E-state index in [-0.39, 0.29) is 23.8 Å². The fraction of sp³-hybridized carbons (Fsp3) is 0.533. The molecule has 194 valence electrons. The van der Waals surface area contributed by atoms with Gasteiger partial charge in [-0.3, -0.25) is 14.5 Å². The number of benzene rings is 2. The van der Waals surface area contributed by atoms with Gasteiger partial charge in [-0.05, 0) is 49.8 Å². The largest absolute Gasteiger partial charge is 0.496 e. The summed E-state index contributed by atoms with van der Waals surface area (Å²) in [7, 11) is 1.65. The van der Waals surface area contributed by atoms with Crippen LogP contribution in [0.2, 0.25) is 0 Å². The quantitative estimate of drug-likeness (QED) is 0.519. The number of ether oxygens (including phenoxy) is 1. The number of carbonyl (C=O) groups excluding carboxylic acids is 2. The number of unbranched alkanes of at least 4 members (excludes halogenated alkanes) is 1. The van der Waals surface area contributed by atoms with Gasteiger partial charge in [-0.1, -0.05) is 61.9 Å². The Bertz CT molecular complexity index is 996. The van der Waals surface area contributed by atoms with Gasteiger partial charge in [0.15, 0.2) is 0 Å². The van der Waals surface area contributed by atoms with Crippen molar-refractivity contribution in [3.8, 4) is 5.75 Å². The predicted octanol–water partition coefficient (Wildman–Crippen LogP) is 4.80. The van der Waals surface area contributed by atoms with Crippen molar-refractivity contribution < 1.29 is 14.3 Å².